The minimum Gasteiger partial charge on any atom is -0.487 e. The van der Waals surface area contributed by atoms with E-state index in [1.54, 1.807) is 6.20 Å². The van der Waals surface area contributed by atoms with Crippen LogP contribution in [0.25, 0.3) is 11.1 Å². The second-order valence-corrected chi connectivity index (χ2v) is 12.4. The van der Waals surface area contributed by atoms with Gasteiger partial charge in [0.2, 0.25) is 0 Å². The lowest BCUT2D eigenvalue weighted by Gasteiger charge is -2.13. The lowest BCUT2D eigenvalue weighted by atomic mass is 10.1. The first-order valence-electron chi connectivity index (χ1n) is 8.57. The van der Waals surface area contributed by atoms with Gasteiger partial charge >= 0.3 is 0 Å². The van der Waals surface area contributed by atoms with Crippen molar-refractivity contribution < 1.29 is 4.74 Å². The summed E-state index contributed by atoms with van der Waals surface area (Å²) in [5, 5.41) is 3.78. The molecule has 1 aliphatic heterocycles. The number of hydrogen-bond donors (Lipinski definition) is 1. The van der Waals surface area contributed by atoms with Gasteiger partial charge in [0.15, 0.2) is 0 Å². The average Bonchev–Trinajstić information content (AvgIpc) is 3.08. The number of benzene rings is 1. The molecule has 1 N–H and O–H groups in total. The van der Waals surface area contributed by atoms with Crippen LogP contribution in [0.5, 0.6) is 5.75 Å². The van der Waals surface area contributed by atoms with Crippen LogP contribution in [0.2, 0.25) is 24.8 Å². The van der Waals surface area contributed by atoms with E-state index in [2.05, 4.69) is 41.4 Å². The Morgan fingerprint density at radius 1 is 1.24 bits per heavy atom. The molecule has 130 valence electrons. The Balaban J connectivity index is 1.81. The molecule has 1 saturated heterocycles. The van der Waals surface area contributed by atoms with Crippen molar-refractivity contribution in [1.82, 2.24) is 10.3 Å². The standard InChI is InChI=1S/C20H23ClN2OSi/c1-25(2,3)11-9-15-4-6-16(7-5-15)19-12-18(14-23-20(19)21)24-17-8-10-22-13-17/h4-7,12,14,17,22H,8,10,13H2,1-3H3/t17-/m1/s1. The summed E-state index contributed by atoms with van der Waals surface area (Å²) in [7, 11) is -1.37. The summed E-state index contributed by atoms with van der Waals surface area (Å²) < 4.78 is 5.99. The summed E-state index contributed by atoms with van der Waals surface area (Å²) in [6, 6.07) is 10.1. The molecule has 2 aromatic rings. The minimum absolute atomic E-state index is 0.204. The molecule has 1 atom stereocenters. The second kappa shape index (κ2) is 7.61. The zero-order valence-corrected chi connectivity index (χ0v) is 16.7. The quantitative estimate of drug-likeness (QED) is 0.495. The summed E-state index contributed by atoms with van der Waals surface area (Å²) in [5.41, 5.74) is 6.31. The molecule has 5 heteroatoms. The third-order valence-corrected chi connectivity index (χ3v) is 5.09. The van der Waals surface area contributed by atoms with Gasteiger partial charge in [-0.15, -0.1) is 5.54 Å². The van der Waals surface area contributed by atoms with Gasteiger partial charge in [0, 0.05) is 17.7 Å². The number of nitrogens with one attached hydrogen (secondary N) is 1. The maximum atomic E-state index is 6.31. The van der Waals surface area contributed by atoms with Gasteiger partial charge in [-0.25, -0.2) is 4.98 Å². The fraction of sp³-hybridized carbons (Fsp3) is 0.350. The number of pyridine rings is 1. The third-order valence-electron chi connectivity index (χ3n) is 3.91. The van der Waals surface area contributed by atoms with Crippen LogP contribution in [0.4, 0.5) is 0 Å². The highest BCUT2D eigenvalue weighted by atomic mass is 35.5. The van der Waals surface area contributed by atoms with E-state index in [0.29, 0.717) is 5.15 Å². The van der Waals surface area contributed by atoms with E-state index < -0.39 is 8.07 Å². The average molecular weight is 371 g/mol. The van der Waals surface area contributed by atoms with Gasteiger partial charge in [0.1, 0.15) is 25.1 Å². The molecule has 1 fully saturated rings. The first-order chi connectivity index (χ1) is 11.9. The summed E-state index contributed by atoms with van der Waals surface area (Å²) in [6.07, 6.45) is 2.91. The highest BCUT2D eigenvalue weighted by Crippen LogP contribution is 2.30. The zero-order chi connectivity index (χ0) is 17.9. The van der Waals surface area contributed by atoms with Crippen molar-refractivity contribution >= 4 is 19.7 Å². The second-order valence-electron chi connectivity index (χ2n) is 7.32. The first kappa shape index (κ1) is 18.0. The van der Waals surface area contributed by atoms with E-state index in [-0.39, 0.29) is 6.10 Å². The molecule has 3 rings (SSSR count). The molecule has 0 unspecified atom stereocenters. The molecule has 0 radical (unpaired) electrons. The van der Waals surface area contributed by atoms with E-state index in [9.17, 15) is 0 Å². The predicted octanol–water partition coefficient (Wildman–Crippen LogP) is 4.37. The van der Waals surface area contributed by atoms with Crippen LogP contribution >= 0.6 is 11.6 Å². The van der Waals surface area contributed by atoms with Crippen LogP contribution in [0.1, 0.15) is 12.0 Å². The van der Waals surface area contributed by atoms with Gasteiger partial charge in [-0.3, -0.25) is 0 Å². The van der Waals surface area contributed by atoms with Gasteiger partial charge in [-0.2, -0.15) is 0 Å². The van der Waals surface area contributed by atoms with Gasteiger partial charge in [0.05, 0.1) is 6.20 Å². The summed E-state index contributed by atoms with van der Waals surface area (Å²) in [6.45, 7) is 8.60. The molecule has 0 bridgehead atoms. The summed E-state index contributed by atoms with van der Waals surface area (Å²) in [5.74, 6) is 4.03. The highest BCUT2D eigenvalue weighted by Gasteiger charge is 2.17. The lowest BCUT2D eigenvalue weighted by molar-refractivity contribution is 0.222. The maximum absolute atomic E-state index is 6.31. The molecule has 0 saturated carbocycles. The molecular formula is C20H23ClN2OSi. The van der Waals surface area contributed by atoms with Crippen molar-refractivity contribution in [1.29, 1.82) is 0 Å². The molecule has 1 aromatic carbocycles. The van der Waals surface area contributed by atoms with Crippen LogP contribution in [0, 0.1) is 11.5 Å². The Labute approximate surface area is 155 Å². The van der Waals surface area contributed by atoms with Crippen molar-refractivity contribution in [3.05, 3.63) is 47.2 Å². The molecule has 1 aromatic heterocycles. The lowest BCUT2D eigenvalue weighted by Crippen LogP contribution is -2.19. The van der Waals surface area contributed by atoms with E-state index in [4.69, 9.17) is 16.3 Å². The molecule has 0 spiro atoms. The van der Waals surface area contributed by atoms with E-state index in [1.165, 1.54) is 0 Å². The smallest absolute Gasteiger partial charge is 0.138 e. The zero-order valence-electron chi connectivity index (χ0n) is 14.9. The monoisotopic (exact) mass is 370 g/mol. The van der Waals surface area contributed by atoms with Crippen LogP contribution in [-0.4, -0.2) is 32.3 Å². The maximum Gasteiger partial charge on any atom is 0.138 e. The van der Waals surface area contributed by atoms with Crippen LogP contribution in [0.15, 0.2) is 36.5 Å². The number of nitrogens with zero attached hydrogens (tertiary/aromatic N) is 1. The Hall–Kier alpha value is -1.80. The number of aromatic nitrogens is 1. The van der Waals surface area contributed by atoms with Gasteiger partial charge < -0.3 is 10.1 Å². The fourth-order valence-corrected chi connectivity index (χ4v) is 3.34. The molecule has 0 amide bonds. The highest BCUT2D eigenvalue weighted by molar-refractivity contribution is 6.83. The predicted molar refractivity (Wildman–Crippen MR) is 107 cm³/mol. The number of halogens is 1. The number of ether oxygens (including phenoxy) is 1. The fourth-order valence-electron chi connectivity index (χ4n) is 2.61. The van der Waals surface area contributed by atoms with E-state index in [1.807, 2.05) is 30.3 Å². The van der Waals surface area contributed by atoms with Crippen molar-refractivity contribution in [2.24, 2.45) is 0 Å². The van der Waals surface area contributed by atoms with Crippen LogP contribution in [0.3, 0.4) is 0 Å². The Morgan fingerprint density at radius 3 is 2.64 bits per heavy atom. The Kier molecular flexibility index (Phi) is 5.48. The molecular weight excluding hydrogens is 348 g/mol. The molecule has 3 nitrogen and oxygen atoms in total. The van der Waals surface area contributed by atoms with E-state index >= 15 is 0 Å². The summed E-state index contributed by atoms with van der Waals surface area (Å²) >= 11 is 6.31. The normalized spacial score (nSPS) is 17.0. The SMILES string of the molecule is C[Si](C)(C)C#Cc1ccc(-c2cc(O[C@@H]3CCNC3)cnc2Cl)cc1. The van der Waals surface area contributed by atoms with Crippen LogP contribution < -0.4 is 10.1 Å². The third kappa shape index (κ3) is 5.09. The van der Waals surface area contributed by atoms with Gasteiger partial charge in [-0.05, 0) is 36.7 Å². The van der Waals surface area contributed by atoms with Gasteiger partial charge in [-0.1, -0.05) is 49.3 Å². The largest absolute Gasteiger partial charge is 0.487 e. The van der Waals surface area contributed by atoms with E-state index in [0.717, 1.165) is 42.0 Å². The molecule has 25 heavy (non-hydrogen) atoms. The Morgan fingerprint density at radius 2 is 2.00 bits per heavy atom. The van der Waals surface area contributed by atoms with Crippen LogP contribution in [-0.2, 0) is 0 Å². The number of rotatable bonds is 3. The van der Waals surface area contributed by atoms with Crippen molar-refractivity contribution in [3.63, 3.8) is 0 Å². The van der Waals surface area contributed by atoms with Crippen molar-refractivity contribution in [2.75, 3.05) is 13.1 Å². The molecule has 0 aliphatic carbocycles. The minimum atomic E-state index is -1.37. The first-order valence-corrected chi connectivity index (χ1v) is 12.4. The van der Waals surface area contributed by atoms with Gasteiger partial charge in [0.25, 0.3) is 0 Å². The molecule has 1 aliphatic rings. The topological polar surface area (TPSA) is 34.1 Å². The number of hydrogen-bond acceptors (Lipinski definition) is 3. The van der Waals surface area contributed by atoms with Crippen molar-refractivity contribution in [3.8, 4) is 28.3 Å². The molecule has 2 heterocycles. The van der Waals surface area contributed by atoms with Crippen molar-refractivity contribution in [2.45, 2.75) is 32.2 Å². The Bertz CT molecular complexity index is 797. The summed E-state index contributed by atoms with van der Waals surface area (Å²) in [4.78, 5) is 4.29.